The lowest BCUT2D eigenvalue weighted by Gasteiger charge is -2.27. The van der Waals surface area contributed by atoms with Crippen LogP contribution in [0.4, 0.5) is 0 Å². The zero-order valence-electron chi connectivity index (χ0n) is 12.1. The van der Waals surface area contributed by atoms with E-state index in [9.17, 15) is 0 Å². The fourth-order valence-corrected chi connectivity index (χ4v) is 3.78. The molecule has 0 saturated carbocycles. The molecule has 2 rings (SSSR count). The maximum absolute atomic E-state index is 5.95. The van der Waals surface area contributed by atoms with E-state index in [1.807, 2.05) is 24.9 Å². The molecule has 0 spiro atoms. The third kappa shape index (κ3) is 3.58. The topological polar surface area (TPSA) is 24.5 Å². The molecule has 1 saturated heterocycles. The zero-order chi connectivity index (χ0) is 14.4. The Balaban J connectivity index is 2.16. The molecule has 0 radical (unpaired) electrons. The summed E-state index contributed by atoms with van der Waals surface area (Å²) in [7, 11) is 1.88. The van der Waals surface area contributed by atoms with Crippen LogP contribution in [-0.2, 0) is 0 Å². The van der Waals surface area contributed by atoms with Crippen molar-refractivity contribution in [3.63, 3.8) is 0 Å². The first-order valence-electron chi connectivity index (χ1n) is 7.09. The Bertz CT molecular complexity index is 453. The van der Waals surface area contributed by atoms with Crippen molar-refractivity contribution < 1.29 is 4.74 Å². The lowest BCUT2D eigenvalue weighted by molar-refractivity contribution is 0.301. The summed E-state index contributed by atoms with van der Waals surface area (Å²) in [6.45, 7) is 3.94. The lowest BCUT2D eigenvalue weighted by Crippen LogP contribution is -2.37. The molecule has 0 aromatic heterocycles. The predicted molar refractivity (Wildman–Crippen MR) is 90.4 cm³/mol. The Morgan fingerprint density at radius 1 is 1.50 bits per heavy atom. The molecule has 0 amide bonds. The zero-order valence-corrected chi connectivity index (χ0v) is 13.7. The monoisotopic (exact) mass is 310 g/mol. The maximum atomic E-state index is 5.95. The highest BCUT2D eigenvalue weighted by atomic mass is 32.2. The van der Waals surface area contributed by atoms with Gasteiger partial charge in [-0.3, -0.25) is 0 Å². The summed E-state index contributed by atoms with van der Waals surface area (Å²) >= 11 is 7.32. The van der Waals surface area contributed by atoms with Gasteiger partial charge < -0.3 is 15.0 Å². The van der Waals surface area contributed by atoms with Crippen molar-refractivity contribution in [3.05, 3.63) is 29.8 Å². The van der Waals surface area contributed by atoms with Crippen molar-refractivity contribution in [2.24, 2.45) is 0 Å². The highest BCUT2D eigenvalue weighted by Gasteiger charge is 2.30. The van der Waals surface area contributed by atoms with Gasteiger partial charge in [-0.1, -0.05) is 31.5 Å². The second kappa shape index (κ2) is 7.74. The van der Waals surface area contributed by atoms with Crippen molar-refractivity contribution in [2.45, 2.75) is 25.1 Å². The highest BCUT2D eigenvalue weighted by molar-refractivity contribution is 7.99. The predicted octanol–water partition coefficient (Wildman–Crippen LogP) is 3.42. The molecule has 1 atom stereocenters. The molecule has 1 heterocycles. The van der Waals surface area contributed by atoms with Crippen LogP contribution in [0, 0.1) is 0 Å². The minimum atomic E-state index is 0.257. The SMILES string of the molecule is CCCCOc1ccccc1C1SCCN1C(=S)NC. The molecule has 0 aliphatic carbocycles. The summed E-state index contributed by atoms with van der Waals surface area (Å²) in [6.07, 6.45) is 2.24. The number of unbranched alkanes of at least 4 members (excludes halogenated alkanes) is 1. The molecule has 3 nitrogen and oxygen atoms in total. The summed E-state index contributed by atoms with van der Waals surface area (Å²) in [5, 5.41) is 4.15. The number of hydrogen-bond donors (Lipinski definition) is 1. The first-order chi connectivity index (χ1) is 9.77. The van der Waals surface area contributed by atoms with Crippen LogP contribution in [0.5, 0.6) is 5.75 Å². The minimum Gasteiger partial charge on any atom is -0.493 e. The number of para-hydroxylation sites is 1. The summed E-state index contributed by atoms with van der Waals surface area (Å²) in [6, 6.07) is 8.31. The van der Waals surface area contributed by atoms with Gasteiger partial charge in [0.2, 0.25) is 0 Å². The molecule has 1 N–H and O–H groups in total. The number of thiocarbonyl (C=S) groups is 1. The molecular formula is C15H22N2OS2. The van der Waals surface area contributed by atoms with E-state index >= 15 is 0 Å². The number of thioether (sulfide) groups is 1. The van der Waals surface area contributed by atoms with E-state index in [1.165, 1.54) is 5.56 Å². The highest BCUT2D eigenvalue weighted by Crippen LogP contribution is 2.41. The Kier molecular flexibility index (Phi) is 5.98. The number of hydrogen-bond acceptors (Lipinski definition) is 3. The standard InChI is InChI=1S/C15H22N2OS2/c1-3-4-10-18-13-8-6-5-7-12(13)14-17(9-11-20-14)15(19)16-2/h5-8,14H,3-4,9-11H2,1-2H3,(H,16,19). The molecule has 1 aliphatic heterocycles. The molecular weight excluding hydrogens is 288 g/mol. The van der Waals surface area contributed by atoms with Gasteiger partial charge in [0, 0.05) is 24.9 Å². The third-order valence-electron chi connectivity index (χ3n) is 3.31. The van der Waals surface area contributed by atoms with E-state index in [2.05, 4.69) is 35.3 Å². The van der Waals surface area contributed by atoms with Gasteiger partial charge in [-0.05, 0) is 24.7 Å². The van der Waals surface area contributed by atoms with E-state index < -0.39 is 0 Å². The molecule has 1 aliphatic rings. The van der Waals surface area contributed by atoms with Crippen LogP contribution in [0.15, 0.2) is 24.3 Å². The molecule has 5 heteroatoms. The Morgan fingerprint density at radius 2 is 2.30 bits per heavy atom. The van der Waals surface area contributed by atoms with Crippen LogP contribution >= 0.6 is 24.0 Å². The molecule has 110 valence electrons. The molecule has 20 heavy (non-hydrogen) atoms. The quantitative estimate of drug-likeness (QED) is 0.663. The minimum absolute atomic E-state index is 0.257. The molecule has 0 bridgehead atoms. The second-order valence-corrected chi connectivity index (χ2v) is 6.29. The van der Waals surface area contributed by atoms with Gasteiger partial charge in [-0.15, -0.1) is 11.8 Å². The maximum Gasteiger partial charge on any atom is 0.169 e. The van der Waals surface area contributed by atoms with E-state index in [0.717, 1.165) is 42.6 Å². The van der Waals surface area contributed by atoms with Crippen molar-refractivity contribution >= 4 is 29.1 Å². The summed E-state index contributed by atoms with van der Waals surface area (Å²) in [4.78, 5) is 2.24. The average molecular weight is 310 g/mol. The first kappa shape index (κ1) is 15.4. The fourth-order valence-electron chi connectivity index (χ4n) is 2.22. The normalized spacial score (nSPS) is 18.1. The van der Waals surface area contributed by atoms with Gasteiger partial charge in [0.25, 0.3) is 0 Å². The Labute approximate surface area is 131 Å². The van der Waals surface area contributed by atoms with Crippen molar-refractivity contribution in [1.29, 1.82) is 0 Å². The van der Waals surface area contributed by atoms with Gasteiger partial charge in [0.15, 0.2) is 5.11 Å². The van der Waals surface area contributed by atoms with Crippen LogP contribution in [0.3, 0.4) is 0 Å². The van der Waals surface area contributed by atoms with Gasteiger partial charge in [0.1, 0.15) is 11.1 Å². The van der Waals surface area contributed by atoms with Crippen LogP contribution < -0.4 is 10.1 Å². The van der Waals surface area contributed by atoms with Gasteiger partial charge >= 0.3 is 0 Å². The van der Waals surface area contributed by atoms with Crippen LogP contribution in [0.2, 0.25) is 0 Å². The van der Waals surface area contributed by atoms with Crippen LogP contribution in [0.1, 0.15) is 30.7 Å². The van der Waals surface area contributed by atoms with Gasteiger partial charge in [-0.25, -0.2) is 0 Å². The first-order valence-corrected chi connectivity index (χ1v) is 8.55. The average Bonchev–Trinajstić information content (AvgIpc) is 2.96. The smallest absolute Gasteiger partial charge is 0.169 e. The number of nitrogens with zero attached hydrogens (tertiary/aromatic N) is 1. The van der Waals surface area contributed by atoms with Crippen molar-refractivity contribution in [1.82, 2.24) is 10.2 Å². The molecule has 1 fully saturated rings. The Morgan fingerprint density at radius 3 is 3.05 bits per heavy atom. The molecule has 1 unspecified atom stereocenters. The largest absolute Gasteiger partial charge is 0.493 e. The van der Waals surface area contributed by atoms with E-state index in [0.29, 0.717) is 0 Å². The Hall–Kier alpha value is -0.940. The second-order valence-electron chi connectivity index (χ2n) is 4.71. The van der Waals surface area contributed by atoms with E-state index in [4.69, 9.17) is 17.0 Å². The van der Waals surface area contributed by atoms with Gasteiger partial charge in [0.05, 0.1) is 6.61 Å². The van der Waals surface area contributed by atoms with Gasteiger partial charge in [-0.2, -0.15) is 0 Å². The summed E-state index contributed by atoms with van der Waals surface area (Å²) in [5.74, 6) is 2.08. The van der Waals surface area contributed by atoms with Crippen LogP contribution in [0.25, 0.3) is 0 Å². The summed E-state index contributed by atoms with van der Waals surface area (Å²) in [5.41, 5.74) is 1.23. The van der Waals surface area contributed by atoms with Crippen molar-refractivity contribution in [3.8, 4) is 5.75 Å². The number of nitrogens with one attached hydrogen (secondary N) is 1. The third-order valence-corrected chi connectivity index (χ3v) is 4.99. The number of benzene rings is 1. The number of ether oxygens (including phenoxy) is 1. The van der Waals surface area contributed by atoms with E-state index in [1.54, 1.807) is 0 Å². The molecule has 1 aromatic rings. The lowest BCUT2D eigenvalue weighted by atomic mass is 10.2. The van der Waals surface area contributed by atoms with E-state index in [-0.39, 0.29) is 5.37 Å². The number of rotatable bonds is 5. The summed E-state index contributed by atoms with van der Waals surface area (Å²) < 4.78 is 5.95. The van der Waals surface area contributed by atoms with Crippen molar-refractivity contribution in [2.75, 3.05) is 26.0 Å². The molecule has 1 aromatic carbocycles. The fraction of sp³-hybridized carbons (Fsp3) is 0.533. The van der Waals surface area contributed by atoms with Crippen LogP contribution in [-0.4, -0.2) is 36.0 Å².